The van der Waals surface area contributed by atoms with Crippen LogP contribution in [-0.4, -0.2) is 31.1 Å². The summed E-state index contributed by atoms with van der Waals surface area (Å²) >= 11 is 0. The van der Waals surface area contributed by atoms with E-state index in [1.54, 1.807) is 0 Å². The Kier molecular flexibility index (Phi) is 6.19. The largest absolute Gasteiger partial charge is 0.416 e. The average Bonchev–Trinajstić information content (AvgIpc) is 2.39. The molecule has 7 heteroatoms. The molecule has 0 aliphatic carbocycles. The third-order valence-electron chi connectivity index (χ3n) is 3.41. The third kappa shape index (κ3) is 4.18. The Morgan fingerprint density at radius 2 is 1.86 bits per heavy atom. The molecule has 1 atom stereocenters. The number of halogens is 5. The first-order chi connectivity index (χ1) is 9.43. The van der Waals surface area contributed by atoms with Crippen LogP contribution in [0.3, 0.4) is 0 Å². The van der Waals surface area contributed by atoms with Crippen LogP contribution in [0.2, 0.25) is 0 Å². The van der Waals surface area contributed by atoms with Crippen LogP contribution in [-0.2, 0) is 6.18 Å². The number of piperazine rings is 1. The van der Waals surface area contributed by atoms with E-state index in [2.05, 4.69) is 11.9 Å². The van der Waals surface area contributed by atoms with Crippen molar-refractivity contribution in [2.45, 2.75) is 12.2 Å². The molecule has 1 heterocycles. The molecule has 0 amide bonds. The highest BCUT2D eigenvalue weighted by Gasteiger charge is 2.36. The molecule has 0 unspecified atom stereocenters. The molecule has 1 aliphatic rings. The van der Waals surface area contributed by atoms with E-state index < -0.39 is 23.6 Å². The molecule has 0 aromatic heterocycles. The lowest BCUT2D eigenvalue weighted by atomic mass is 9.97. The lowest BCUT2D eigenvalue weighted by Crippen LogP contribution is -2.45. The predicted molar refractivity (Wildman–Crippen MR) is 76.0 cm³/mol. The fourth-order valence-electron chi connectivity index (χ4n) is 2.47. The number of alkyl halides is 3. The van der Waals surface area contributed by atoms with Crippen molar-refractivity contribution in [3.05, 3.63) is 47.8 Å². The lowest BCUT2D eigenvalue weighted by molar-refractivity contribution is -0.138. The molecule has 2 nitrogen and oxygen atoms in total. The summed E-state index contributed by atoms with van der Waals surface area (Å²) < 4.78 is 52.5. The monoisotopic (exact) mass is 324 g/mol. The van der Waals surface area contributed by atoms with E-state index in [9.17, 15) is 17.6 Å². The van der Waals surface area contributed by atoms with Crippen LogP contribution in [0, 0.1) is 5.82 Å². The Bertz CT molecular complexity index is 484. The van der Waals surface area contributed by atoms with E-state index in [0.29, 0.717) is 26.2 Å². The maximum atomic E-state index is 13.4. The molecule has 0 radical (unpaired) electrons. The van der Waals surface area contributed by atoms with E-state index >= 15 is 0 Å². The van der Waals surface area contributed by atoms with Gasteiger partial charge in [-0.05, 0) is 23.8 Å². The maximum Gasteiger partial charge on any atom is 0.416 e. The van der Waals surface area contributed by atoms with Gasteiger partial charge in [-0.15, -0.1) is 19.0 Å². The van der Waals surface area contributed by atoms with Gasteiger partial charge in [-0.3, -0.25) is 4.90 Å². The van der Waals surface area contributed by atoms with Gasteiger partial charge in [0.1, 0.15) is 5.82 Å². The van der Waals surface area contributed by atoms with Crippen LogP contribution in [0.15, 0.2) is 30.9 Å². The number of hydrogen-bond acceptors (Lipinski definition) is 2. The molecule has 21 heavy (non-hydrogen) atoms. The van der Waals surface area contributed by atoms with Gasteiger partial charge in [0.05, 0.1) is 11.6 Å². The fraction of sp³-hybridized carbons (Fsp3) is 0.429. The van der Waals surface area contributed by atoms with Crippen LogP contribution < -0.4 is 5.32 Å². The third-order valence-corrected chi connectivity index (χ3v) is 3.41. The molecule has 2 rings (SSSR count). The first-order valence-electron chi connectivity index (χ1n) is 6.37. The van der Waals surface area contributed by atoms with Gasteiger partial charge in [-0.2, -0.15) is 13.2 Å². The SMILES string of the molecule is C=C[C@@H](c1cc(F)ccc1C(F)(F)F)N1CCNCC1.Cl. The summed E-state index contributed by atoms with van der Waals surface area (Å²) in [6.07, 6.45) is -3.06. The zero-order chi connectivity index (χ0) is 14.8. The minimum Gasteiger partial charge on any atom is -0.314 e. The summed E-state index contributed by atoms with van der Waals surface area (Å²) in [4.78, 5) is 1.87. The van der Waals surface area contributed by atoms with E-state index in [4.69, 9.17) is 0 Å². The van der Waals surface area contributed by atoms with Gasteiger partial charge in [-0.1, -0.05) is 6.08 Å². The zero-order valence-electron chi connectivity index (χ0n) is 11.3. The smallest absolute Gasteiger partial charge is 0.314 e. The van der Waals surface area contributed by atoms with Crippen molar-refractivity contribution >= 4 is 12.4 Å². The zero-order valence-corrected chi connectivity index (χ0v) is 12.1. The highest BCUT2D eigenvalue weighted by molar-refractivity contribution is 5.85. The van der Waals surface area contributed by atoms with Gasteiger partial charge in [0, 0.05) is 26.2 Å². The number of hydrogen-bond donors (Lipinski definition) is 1. The number of nitrogens with zero attached hydrogens (tertiary/aromatic N) is 1. The van der Waals surface area contributed by atoms with Crippen LogP contribution >= 0.6 is 12.4 Å². The maximum absolute atomic E-state index is 13.4. The van der Waals surface area contributed by atoms with Crippen molar-refractivity contribution in [3.8, 4) is 0 Å². The highest BCUT2D eigenvalue weighted by Crippen LogP contribution is 2.37. The normalized spacial score (nSPS) is 17.9. The van der Waals surface area contributed by atoms with E-state index in [0.717, 1.165) is 18.2 Å². The molecule has 0 saturated carbocycles. The van der Waals surface area contributed by atoms with Crippen LogP contribution in [0.1, 0.15) is 17.2 Å². The van der Waals surface area contributed by atoms with Crippen LogP contribution in [0.4, 0.5) is 17.6 Å². The number of rotatable bonds is 3. The van der Waals surface area contributed by atoms with Crippen molar-refractivity contribution in [1.29, 1.82) is 0 Å². The second kappa shape index (κ2) is 7.24. The molecule has 1 aromatic carbocycles. The summed E-state index contributed by atoms with van der Waals surface area (Å²) in [7, 11) is 0. The van der Waals surface area contributed by atoms with Gasteiger partial charge >= 0.3 is 6.18 Å². The molecule has 1 fully saturated rings. The Hall–Kier alpha value is -1.11. The predicted octanol–water partition coefficient (Wildman–Crippen LogP) is 3.40. The highest BCUT2D eigenvalue weighted by atomic mass is 35.5. The molecular formula is C14H17ClF4N2. The Labute approximate surface area is 127 Å². The standard InChI is InChI=1S/C14H16F4N2.ClH/c1-2-13(20-7-5-19-6-8-20)11-9-10(15)3-4-12(11)14(16,17)18;/h2-4,9,13,19H,1,5-8H2;1H/t13-;/m0./s1. The summed E-state index contributed by atoms with van der Waals surface area (Å²) in [6, 6.07) is 1.95. The topological polar surface area (TPSA) is 15.3 Å². The molecule has 0 spiro atoms. The number of nitrogens with one attached hydrogen (secondary N) is 1. The molecule has 118 valence electrons. The molecule has 1 N–H and O–H groups in total. The molecule has 1 aliphatic heterocycles. The molecule has 1 saturated heterocycles. The van der Waals surface area contributed by atoms with Crippen LogP contribution in [0.25, 0.3) is 0 Å². The van der Waals surface area contributed by atoms with Crippen molar-refractivity contribution in [1.82, 2.24) is 10.2 Å². The first kappa shape index (κ1) is 17.9. The molecule has 1 aromatic rings. The summed E-state index contributed by atoms with van der Waals surface area (Å²) in [5.74, 6) is -0.671. The van der Waals surface area contributed by atoms with Gasteiger partial charge in [0.25, 0.3) is 0 Å². The van der Waals surface area contributed by atoms with Gasteiger partial charge in [-0.25, -0.2) is 4.39 Å². The lowest BCUT2D eigenvalue weighted by Gasteiger charge is -2.34. The second-order valence-corrected chi connectivity index (χ2v) is 4.70. The van der Waals surface area contributed by atoms with E-state index in [1.165, 1.54) is 6.08 Å². The Morgan fingerprint density at radius 1 is 1.24 bits per heavy atom. The van der Waals surface area contributed by atoms with Gasteiger partial charge < -0.3 is 5.32 Å². The minimum atomic E-state index is -4.50. The van der Waals surface area contributed by atoms with Gasteiger partial charge in [0.2, 0.25) is 0 Å². The van der Waals surface area contributed by atoms with Crippen LogP contribution in [0.5, 0.6) is 0 Å². The average molecular weight is 325 g/mol. The second-order valence-electron chi connectivity index (χ2n) is 4.70. The minimum absolute atomic E-state index is 0. The first-order valence-corrected chi connectivity index (χ1v) is 6.37. The summed E-state index contributed by atoms with van der Waals surface area (Å²) in [5.41, 5.74) is -0.878. The number of benzene rings is 1. The fourth-order valence-corrected chi connectivity index (χ4v) is 2.47. The van der Waals surface area contributed by atoms with Crippen molar-refractivity contribution in [2.24, 2.45) is 0 Å². The van der Waals surface area contributed by atoms with Crippen molar-refractivity contribution < 1.29 is 17.6 Å². The Morgan fingerprint density at radius 3 is 2.38 bits per heavy atom. The summed E-state index contributed by atoms with van der Waals surface area (Å²) in [5, 5.41) is 3.13. The van der Waals surface area contributed by atoms with E-state index in [-0.39, 0.29) is 18.0 Å². The van der Waals surface area contributed by atoms with Crippen molar-refractivity contribution in [3.63, 3.8) is 0 Å². The van der Waals surface area contributed by atoms with E-state index in [1.807, 2.05) is 4.90 Å². The molecular weight excluding hydrogens is 308 g/mol. The Balaban J connectivity index is 0.00000220. The quantitative estimate of drug-likeness (QED) is 0.677. The van der Waals surface area contributed by atoms with Gasteiger partial charge in [0.15, 0.2) is 0 Å². The molecule has 0 bridgehead atoms. The van der Waals surface area contributed by atoms with Crippen molar-refractivity contribution in [2.75, 3.05) is 26.2 Å². The summed E-state index contributed by atoms with van der Waals surface area (Å²) in [6.45, 7) is 6.21.